The molecule has 1 amide bonds. The highest BCUT2D eigenvalue weighted by molar-refractivity contribution is 6.30. The van der Waals surface area contributed by atoms with Crippen molar-refractivity contribution < 1.29 is 9.18 Å². The Morgan fingerprint density at radius 2 is 2.16 bits per heavy atom. The normalized spacial score (nSPS) is 12.0. The Bertz CT molecular complexity index is 426. The van der Waals surface area contributed by atoms with Crippen molar-refractivity contribution in [3.63, 3.8) is 0 Å². The van der Waals surface area contributed by atoms with E-state index in [0.717, 1.165) is 19.3 Å². The zero-order valence-corrected chi connectivity index (χ0v) is 12.1. The zero-order chi connectivity index (χ0) is 14.3. The standard InChI is InChI=1S/C14H20ClFN2O/c1-3-4-5-8-17-14(19)10(2)18-11-6-7-12(15)13(16)9-11/h6-7,9-10,18H,3-5,8H2,1-2H3,(H,17,19). The Morgan fingerprint density at radius 3 is 2.79 bits per heavy atom. The summed E-state index contributed by atoms with van der Waals surface area (Å²) in [6, 6.07) is 3.97. The summed E-state index contributed by atoms with van der Waals surface area (Å²) in [5, 5.41) is 5.85. The monoisotopic (exact) mass is 286 g/mol. The van der Waals surface area contributed by atoms with E-state index in [0.29, 0.717) is 12.2 Å². The van der Waals surface area contributed by atoms with Crippen molar-refractivity contribution in [3.8, 4) is 0 Å². The molecular weight excluding hydrogens is 267 g/mol. The molecule has 2 N–H and O–H groups in total. The minimum atomic E-state index is -0.498. The highest BCUT2D eigenvalue weighted by atomic mass is 35.5. The molecular formula is C14H20ClFN2O. The number of amides is 1. The largest absolute Gasteiger partial charge is 0.374 e. The van der Waals surface area contributed by atoms with Crippen molar-refractivity contribution in [3.05, 3.63) is 29.0 Å². The van der Waals surface area contributed by atoms with Crippen LogP contribution in [0.25, 0.3) is 0 Å². The predicted octanol–water partition coefficient (Wildman–Crippen LogP) is 3.59. The van der Waals surface area contributed by atoms with Crippen LogP contribution in [0.2, 0.25) is 5.02 Å². The van der Waals surface area contributed by atoms with Crippen LogP contribution in [0, 0.1) is 5.82 Å². The van der Waals surface area contributed by atoms with Crippen molar-refractivity contribution in [2.45, 2.75) is 39.2 Å². The molecule has 0 saturated carbocycles. The lowest BCUT2D eigenvalue weighted by atomic mass is 10.2. The summed E-state index contributed by atoms with van der Waals surface area (Å²) in [6.07, 6.45) is 3.20. The van der Waals surface area contributed by atoms with Gasteiger partial charge in [-0.1, -0.05) is 31.4 Å². The molecule has 0 spiro atoms. The molecule has 0 saturated heterocycles. The van der Waals surface area contributed by atoms with Gasteiger partial charge in [-0.3, -0.25) is 4.79 Å². The van der Waals surface area contributed by atoms with Crippen LogP contribution in [0.3, 0.4) is 0 Å². The average molecular weight is 287 g/mol. The Morgan fingerprint density at radius 1 is 1.42 bits per heavy atom. The van der Waals surface area contributed by atoms with E-state index in [-0.39, 0.29) is 10.9 Å². The van der Waals surface area contributed by atoms with Crippen molar-refractivity contribution >= 4 is 23.2 Å². The number of hydrogen-bond donors (Lipinski definition) is 2. The van der Waals surface area contributed by atoms with E-state index in [1.807, 2.05) is 0 Å². The lowest BCUT2D eigenvalue weighted by molar-refractivity contribution is -0.121. The molecule has 0 aromatic heterocycles. The zero-order valence-electron chi connectivity index (χ0n) is 11.3. The fraction of sp³-hybridized carbons (Fsp3) is 0.500. The van der Waals surface area contributed by atoms with Crippen molar-refractivity contribution in [2.24, 2.45) is 0 Å². The van der Waals surface area contributed by atoms with E-state index in [2.05, 4.69) is 17.6 Å². The van der Waals surface area contributed by atoms with Crippen LogP contribution in [0.4, 0.5) is 10.1 Å². The number of halogens is 2. The molecule has 0 aliphatic carbocycles. The highest BCUT2D eigenvalue weighted by Crippen LogP contribution is 2.19. The first-order valence-corrected chi connectivity index (χ1v) is 6.91. The molecule has 1 aromatic rings. The van der Waals surface area contributed by atoms with Crippen molar-refractivity contribution in [1.29, 1.82) is 0 Å². The van der Waals surface area contributed by atoms with Gasteiger partial charge in [0.15, 0.2) is 0 Å². The molecule has 0 radical (unpaired) electrons. The van der Waals surface area contributed by atoms with E-state index in [1.165, 1.54) is 12.1 Å². The summed E-state index contributed by atoms with van der Waals surface area (Å²) < 4.78 is 13.2. The number of nitrogens with one attached hydrogen (secondary N) is 2. The van der Waals surface area contributed by atoms with Crippen LogP contribution < -0.4 is 10.6 Å². The number of benzene rings is 1. The first kappa shape index (κ1) is 15.8. The van der Waals surface area contributed by atoms with Gasteiger partial charge in [0, 0.05) is 12.2 Å². The number of carbonyl (C=O) groups is 1. The highest BCUT2D eigenvalue weighted by Gasteiger charge is 2.12. The molecule has 0 bridgehead atoms. The molecule has 0 fully saturated rings. The van der Waals surface area contributed by atoms with E-state index in [4.69, 9.17) is 11.6 Å². The summed E-state index contributed by atoms with van der Waals surface area (Å²) in [5.41, 5.74) is 0.540. The molecule has 1 atom stereocenters. The quantitative estimate of drug-likeness (QED) is 0.752. The Kier molecular flexibility index (Phi) is 6.64. The van der Waals surface area contributed by atoms with Crippen molar-refractivity contribution in [2.75, 3.05) is 11.9 Å². The fourth-order valence-electron chi connectivity index (χ4n) is 1.64. The van der Waals surface area contributed by atoms with Crippen LogP contribution in [-0.4, -0.2) is 18.5 Å². The van der Waals surface area contributed by atoms with E-state index >= 15 is 0 Å². The lowest BCUT2D eigenvalue weighted by Gasteiger charge is -2.15. The molecule has 0 aliphatic rings. The minimum Gasteiger partial charge on any atom is -0.374 e. The van der Waals surface area contributed by atoms with Crippen LogP contribution in [0.5, 0.6) is 0 Å². The molecule has 1 aromatic carbocycles. The van der Waals surface area contributed by atoms with Gasteiger partial charge in [-0.05, 0) is 31.5 Å². The van der Waals surface area contributed by atoms with Gasteiger partial charge in [0.2, 0.25) is 5.91 Å². The Balaban J connectivity index is 2.42. The van der Waals surface area contributed by atoms with Gasteiger partial charge in [-0.25, -0.2) is 4.39 Å². The fourth-order valence-corrected chi connectivity index (χ4v) is 1.76. The third-order valence-electron chi connectivity index (χ3n) is 2.78. The molecule has 5 heteroatoms. The predicted molar refractivity (Wildman–Crippen MR) is 77.0 cm³/mol. The minimum absolute atomic E-state index is 0.0715. The molecule has 0 aliphatic heterocycles. The molecule has 0 heterocycles. The van der Waals surface area contributed by atoms with E-state index in [1.54, 1.807) is 13.0 Å². The third kappa shape index (κ3) is 5.47. The molecule has 1 unspecified atom stereocenters. The van der Waals surface area contributed by atoms with Crippen LogP contribution in [0.15, 0.2) is 18.2 Å². The van der Waals surface area contributed by atoms with Gasteiger partial charge in [-0.2, -0.15) is 0 Å². The van der Waals surface area contributed by atoms with Gasteiger partial charge >= 0.3 is 0 Å². The van der Waals surface area contributed by atoms with E-state index in [9.17, 15) is 9.18 Å². The Labute approximate surface area is 118 Å². The lowest BCUT2D eigenvalue weighted by Crippen LogP contribution is -2.38. The summed E-state index contributed by atoms with van der Waals surface area (Å²) >= 11 is 5.60. The van der Waals surface area contributed by atoms with Crippen molar-refractivity contribution in [1.82, 2.24) is 5.32 Å². The second kappa shape index (κ2) is 8.00. The summed E-state index contributed by atoms with van der Waals surface area (Å²) in [4.78, 5) is 11.8. The maximum absolute atomic E-state index is 13.2. The van der Waals surface area contributed by atoms with Gasteiger partial charge in [0.1, 0.15) is 11.9 Å². The van der Waals surface area contributed by atoms with Crippen LogP contribution in [0.1, 0.15) is 33.1 Å². The number of unbranched alkanes of at least 4 members (excludes halogenated alkanes) is 2. The molecule has 106 valence electrons. The topological polar surface area (TPSA) is 41.1 Å². The maximum atomic E-state index is 13.2. The number of anilines is 1. The van der Waals surface area contributed by atoms with E-state index < -0.39 is 11.9 Å². The second-order valence-electron chi connectivity index (χ2n) is 4.49. The van der Waals surface area contributed by atoms with Gasteiger partial charge in [0.05, 0.1) is 5.02 Å². The number of carbonyl (C=O) groups excluding carboxylic acids is 1. The SMILES string of the molecule is CCCCCNC(=O)C(C)Nc1ccc(Cl)c(F)c1. The van der Waals surface area contributed by atoms with Crippen LogP contribution >= 0.6 is 11.6 Å². The molecule has 3 nitrogen and oxygen atoms in total. The molecule has 19 heavy (non-hydrogen) atoms. The summed E-state index contributed by atoms with van der Waals surface area (Å²) in [6.45, 7) is 4.52. The van der Waals surface area contributed by atoms with Gasteiger partial charge < -0.3 is 10.6 Å². The first-order valence-electron chi connectivity index (χ1n) is 6.54. The second-order valence-corrected chi connectivity index (χ2v) is 4.90. The van der Waals surface area contributed by atoms with Gasteiger partial charge in [0.25, 0.3) is 0 Å². The first-order chi connectivity index (χ1) is 9.04. The molecule has 1 rings (SSSR count). The smallest absolute Gasteiger partial charge is 0.242 e. The Hall–Kier alpha value is -1.29. The van der Waals surface area contributed by atoms with Crippen LogP contribution in [-0.2, 0) is 4.79 Å². The third-order valence-corrected chi connectivity index (χ3v) is 3.08. The van der Waals surface area contributed by atoms with Gasteiger partial charge in [-0.15, -0.1) is 0 Å². The number of rotatable bonds is 7. The maximum Gasteiger partial charge on any atom is 0.242 e. The number of hydrogen-bond acceptors (Lipinski definition) is 2. The summed E-state index contributed by atoms with van der Waals surface area (Å²) in [5.74, 6) is -0.589. The average Bonchev–Trinajstić information content (AvgIpc) is 2.38. The summed E-state index contributed by atoms with van der Waals surface area (Å²) in [7, 11) is 0.